The van der Waals surface area contributed by atoms with Gasteiger partial charge < -0.3 is 14.5 Å². The third kappa shape index (κ3) is 3.52. The van der Waals surface area contributed by atoms with Gasteiger partial charge in [-0.05, 0) is 5.92 Å². The Bertz CT molecular complexity index is 252. The number of morpholine rings is 1. The van der Waals surface area contributed by atoms with E-state index in [-0.39, 0.29) is 5.91 Å². The maximum absolute atomic E-state index is 11.9. The average molecular weight is 210 g/mol. The van der Waals surface area contributed by atoms with Crippen LogP contribution in [0, 0.1) is 12.5 Å². The molecule has 1 amide bonds. The van der Waals surface area contributed by atoms with E-state index in [1.165, 1.54) is 0 Å². The van der Waals surface area contributed by atoms with Gasteiger partial charge in [-0.3, -0.25) is 4.79 Å². The minimum Gasteiger partial charge on any atom is -0.378 e. The molecule has 0 aromatic rings. The van der Waals surface area contributed by atoms with Crippen molar-refractivity contribution < 1.29 is 9.53 Å². The van der Waals surface area contributed by atoms with Gasteiger partial charge in [-0.25, -0.2) is 6.57 Å². The average Bonchev–Trinajstić information content (AvgIpc) is 2.26. The first-order valence-electron chi connectivity index (χ1n) is 5.38. The minimum atomic E-state index is -0.497. The molecular formula is C11H18N2O2. The summed E-state index contributed by atoms with van der Waals surface area (Å²) in [6.45, 7) is 13.6. The van der Waals surface area contributed by atoms with Crippen molar-refractivity contribution in [2.45, 2.75) is 26.3 Å². The highest BCUT2D eigenvalue weighted by atomic mass is 16.5. The van der Waals surface area contributed by atoms with Crippen LogP contribution in [0.25, 0.3) is 4.85 Å². The highest BCUT2D eigenvalue weighted by Crippen LogP contribution is 2.12. The smallest absolute Gasteiger partial charge is 0.305 e. The second-order valence-electron chi connectivity index (χ2n) is 4.21. The SMILES string of the molecule is [C-]#[N+]C(CC(C)C)C(=O)N1CCOCC1. The standard InChI is InChI=1S/C11H18N2O2/c1-9(2)8-10(12-3)11(14)13-4-6-15-7-5-13/h9-10H,4-8H2,1-2H3. The molecule has 0 N–H and O–H groups in total. The van der Waals surface area contributed by atoms with E-state index >= 15 is 0 Å². The predicted octanol–water partition coefficient (Wildman–Crippen LogP) is 1.18. The van der Waals surface area contributed by atoms with Crippen LogP contribution in [0.3, 0.4) is 0 Å². The molecular weight excluding hydrogens is 192 g/mol. The first-order chi connectivity index (χ1) is 7.15. The zero-order valence-corrected chi connectivity index (χ0v) is 9.40. The van der Waals surface area contributed by atoms with Gasteiger partial charge in [0.05, 0.1) is 13.2 Å². The van der Waals surface area contributed by atoms with Crippen molar-refractivity contribution in [1.82, 2.24) is 4.90 Å². The van der Waals surface area contributed by atoms with Gasteiger partial charge in [0.2, 0.25) is 0 Å². The summed E-state index contributed by atoms with van der Waals surface area (Å²) in [4.78, 5) is 17.1. The molecule has 15 heavy (non-hydrogen) atoms. The Labute approximate surface area is 91.0 Å². The molecule has 0 bridgehead atoms. The number of nitrogens with zero attached hydrogens (tertiary/aromatic N) is 2. The molecule has 1 atom stereocenters. The number of rotatable bonds is 3. The van der Waals surface area contributed by atoms with Crippen LogP contribution < -0.4 is 0 Å². The van der Waals surface area contributed by atoms with Crippen molar-refractivity contribution in [2.24, 2.45) is 5.92 Å². The minimum absolute atomic E-state index is 0.0259. The lowest BCUT2D eigenvalue weighted by Gasteiger charge is -2.27. The van der Waals surface area contributed by atoms with Gasteiger partial charge in [0, 0.05) is 19.5 Å². The Hall–Kier alpha value is -1.08. The third-order valence-corrected chi connectivity index (χ3v) is 2.46. The van der Waals surface area contributed by atoms with E-state index in [4.69, 9.17) is 11.3 Å². The molecule has 0 aromatic carbocycles. The normalized spacial score (nSPS) is 18.7. The van der Waals surface area contributed by atoms with E-state index in [0.717, 1.165) is 0 Å². The highest BCUT2D eigenvalue weighted by molar-refractivity contribution is 5.83. The largest absolute Gasteiger partial charge is 0.378 e. The van der Waals surface area contributed by atoms with E-state index in [1.54, 1.807) is 4.90 Å². The number of carbonyl (C=O) groups is 1. The molecule has 0 radical (unpaired) electrons. The topological polar surface area (TPSA) is 33.9 Å². The molecule has 4 nitrogen and oxygen atoms in total. The molecule has 0 aliphatic carbocycles. The van der Waals surface area contributed by atoms with Gasteiger partial charge in [0.25, 0.3) is 0 Å². The summed E-state index contributed by atoms with van der Waals surface area (Å²) in [5.41, 5.74) is 0. The van der Waals surface area contributed by atoms with E-state index < -0.39 is 6.04 Å². The fourth-order valence-electron chi connectivity index (χ4n) is 1.65. The predicted molar refractivity (Wildman–Crippen MR) is 57.2 cm³/mol. The molecule has 1 heterocycles. The fraction of sp³-hybridized carbons (Fsp3) is 0.818. The second-order valence-corrected chi connectivity index (χ2v) is 4.21. The molecule has 1 saturated heterocycles. The van der Waals surface area contributed by atoms with Crippen LogP contribution in [-0.2, 0) is 9.53 Å². The molecule has 1 rings (SSSR count). The number of amides is 1. The van der Waals surface area contributed by atoms with Crippen molar-refractivity contribution in [3.05, 3.63) is 11.4 Å². The molecule has 0 spiro atoms. The van der Waals surface area contributed by atoms with Gasteiger partial charge >= 0.3 is 11.9 Å². The summed E-state index contributed by atoms with van der Waals surface area (Å²) in [6.07, 6.45) is 0.652. The lowest BCUT2D eigenvalue weighted by Crippen LogP contribution is -2.45. The van der Waals surface area contributed by atoms with Crippen LogP contribution in [-0.4, -0.2) is 43.2 Å². The van der Waals surface area contributed by atoms with Crippen molar-refractivity contribution in [3.63, 3.8) is 0 Å². The summed E-state index contributed by atoms with van der Waals surface area (Å²) in [7, 11) is 0. The zero-order valence-electron chi connectivity index (χ0n) is 9.40. The first-order valence-corrected chi connectivity index (χ1v) is 5.38. The zero-order chi connectivity index (χ0) is 11.3. The lowest BCUT2D eigenvalue weighted by atomic mass is 10.0. The maximum Gasteiger partial charge on any atom is 0.305 e. The van der Waals surface area contributed by atoms with Crippen LogP contribution in [0.1, 0.15) is 20.3 Å². The first kappa shape index (κ1) is 12.0. The third-order valence-electron chi connectivity index (χ3n) is 2.46. The van der Waals surface area contributed by atoms with Gasteiger partial charge in [-0.15, -0.1) is 0 Å². The lowest BCUT2D eigenvalue weighted by molar-refractivity contribution is -0.136. The summed E-state index contributed by atoms with van der Waals surface area (Å²) in [6, 6.07) is -0.497. The monoisotopic (exact) mass is 210 g/mol. The van der Waals surface area contributed by atoms with Crippen molar-refractivity contribution in [2.75, 3.05) is 26.3 Å². The van der Waals surface area contributed by atoms with Crippen molar-refractivity contribution in [3.8, 4) is 0 Å². The number of ether oxygens (including phenoxy) is 1. The fourth-order valence-corrected chi connectivity index (χ4v) is 1.65. The molecule has 1 unspecified atom stereocenters. The molecule has 84 valence electrons. The van der Waals surface area contributed by atoms with Crippen LogP contribution in [0.4, 0.5) is 0 Å². The molecule has 4 heteroatoms. The van der Waals surface area contributed by atoms with Crippen molar-refractivity contribution >= 4 is 5.91 Å². The highest BCUT2D eigenvalue weighted by Gasteiger charge is 2.30. The van der Waals surface area contributed by atoms with E-state index in [0.29, 0.717) is 38.6 Å². The van der Waals surface area contributed by atoms with Gasteiger partial charge in [0.15, 0.2) is 0 Å². The number of hydrogen-bond acceptors (Lipinski definition) is 2. The van der Waals surface area contributed by atoms with Crippen LogP contribution in [0.5, 0.6) is 0 Å². The molecule has 1 aliphatic heterocycles. The molecule has 1 fully saturated rings. The maximum atomic E-state index is 11.9. The Balaban J connectivity index is 2.52. The Morgan fingerprint density at radius 2 is 2.07 bits per heavy atom. The van der Waals surface area contributed by atoms with Crippen LogP contribution in [0.2, 0.25) is 0 Å². The Morgan fingerprint density at radius 1 is 1.47 bits per heavy atom. The van der Waals surface area contributed by atoms with E-state index in [1.807, 2.05) is 13.8 Å². The van der Waals surface area contributed by atoms with Crippen LogP contribution in [0.15, 0.2) is 0 Å². The Morgan fingerprint density at radius 3 is 2.53 bits per heavy atom. The summed E-state index contributed by atoms with van der Waals surface area (Å²) >= 11 is 0. The Kier molecular flexibility index (Phi) is 4.57. The molecule has 0 saturated carbocycles. The van der Waals surface area contributed by atoms with E-state index in [9.17, 15) is 4.79 Å². The van der Waals surface area contributed by atoms with Gasteiger partial charge in [-0.2, -0.15) is 0 Å². The second kappa shape index (κ2) is 5.72. The quantitative estimate of drug-likeness (QED) is 0.655. The molecule has 0 aromatic heterocycles. The van der Waals surface area contributed by atoms with Gasteiger partial charge in [-0.1, -0.05) is 13.8 Å². The number of hydrogen-bond donors (Lipinski definition) is 0. The summed E-state index contributed by atoms with van der Waals surface area (Å²) in [5, 5.41) is 0. The number of carbonyl (C=O) groups excluding carboxylic acids is 1. The summed E-state index contributed by atoms with van der Waals surface area (Å²) in [5.74, 6) is 0.357. The van der Waals surface area contributed by atoms with Crippen molar-refractivity contribution in [1.29, 1.82) is 0 Å². The molecule has 1 aliphatic rings. The van der Waals surface area contributed by atoms with Gasteiger partial charge in [0.1, 0.15) is 0 Å². The van der Waals surface area contributed by atoms with Crippen LogP contribution >= 0.6 is 0 Å². The van der Waals surface area contributed by atoms with E-state index in [2.05, 4.69) is 4.85 Å². The summed E-state index contributed by atoms with van der Waals surface area (Å²) < 4.78 is 5.17.